The Kier molecular flexibility index (Phi) is 5.54. The van der Waals surface area contributed by atoms with Crippen LogP contribution in [-0.4, -0.2) is 0 Å². The van der Waals surface area contributed by atoms with Crippen molar-refractivity contribution >= 4 is 0 Å². The van der Waals surface area contributed by atoms with Crippen LogP contribution in [-0.2, 0) is 0 Å². The van der Waals surface area contributed by atoms with Gasteiger partial charge in [0, 0.05) is 5.70 Å². The number of hydrogen-bond acceptors (Lipinski definition) is 1. The first-order valence-electron chi connectivity index (χ1n) is 3.51. The second-order valence-electron chi connectivity index (χ2n) is 1.89. The quantitative estimate of drug-likeness (QED) is 0.589. The van der Waals surface area contributed by atoms with Gasteiger partial charge in [-0.15, -0.1) is 0 Å². The van der Waals surface area contributed by atoms with Crippen molar-refractivity contribution in [1.82, 2.24) is 5.32 Å². The Morgan fingerprint density at radius 2 is 1.80 bits per heavy atom. The molecular weight excluding hydrogens is 122 g/mol. The third-order valence-corrected chi connectivity index (χ3v) is 1.07. The van der Waals surface area contributed by atoms with E-state index >= 15 is 0 Å². The molecule has 0 aliphatic carbocycles. The lowest BCUT2D eigenvalue weighted by Gasteiger charge is -1.97. The molecule has 0 radical (unpaired) electrons. The van der Waals surface area contributed by atoms with Gasteiger partial charge in [-0.25, -0.2) is 0 Å². The molecule has 56 valence electrons. The molecule has 0 aromatic carbocycles. The molecule has 1 heteroatoms. The van der Waals surface area contributed by atoms with E-state index in [-0.39, 0.29) is 0 Å². The van der Waals surface area contributed by atoms with Crippen LogP contribution in [0.1, 0.15) is 20.8 Å². The standard InChI is InChI=1S/C9H15N/c1-4-7-9(6-3)10-8-5-2/h4-8,10H,1-3H3/b7-4-,8-5+,9-6+. The fraction of sp³-hybridized carbons (Fsp3) is 0.333. The Labute approximate surface area is 63.1 Å². The van der Waals surface area contributed by atoms with Crippen LogP contribution < -0.4 is 5.32 Å². The van der Waals surface area contributed by atoms with Crippen LogP contribution in [0.25, 0.3) is 0 Å². The number of hydrogen-bond donors (Lipinski definition) is 1. The van der Waals surface area contributed by atoms with Crippen molar-refractivity contribution in [3.63, 3.8) is 0 Å². The monoisotopic (exact) mass is 137 g/mol. The van der Waals surface area contributed by atoms with Gasteiger partial charge < -0.3 is 5.32 Å². The van der Waals surface area contributed by atoms with E-state index in [1.165, 1.54) is 0 Å². The van der Waals surface area contributed by atoms with Gasteiger partial charge in [0.25, 0.3) is 0 Å². The first-order valence-corrected chi connectivity index (χ1v) is 3.51. The van der Waals surface area contributed by atoms with Crippen molar-refractivity contribution in [2.45, 2.75) is 20.8 Å². The van der Waals surface area contributed by atoms with Crippen LogP contribution in [0.3, 0.4) is 0 Å². The van der Waals surface area contributed by atoms with Crippen molar-refractivity contribution in [1.29, 1.82) is 0 Å². The maximum Gasteiger partial charge on any atom is 0.0332 e. The molecule has 0 unspecified atom stereocenters. The van der Waals surface area contributed by atoms with E-state index in [1.807, 2.05) is 51.3 Å². The summed E-state index contributed by atoms with van der Waals surface area (Å²) in [5.74, 6) is 0. The third-order valence-electron chi connectivity index (χ3n) is 1.07. The fourth-order valence-corrected chi connectivity index (χ4v) is 0.587. The highest BCUT2D eigenvalue weighted by Crippen LogP contribution is 1.90. The largest absolute Gasteiger partial charge is 0.362 e. The zero-order chi connectivity index (χ0) is 7.82. The van der Waals surface area contributed by atoms with Crippen LogP contribution in [0, 0.1) is 0 Å². The summed E-state index contributed by atoms with van der Waals surface area (Å²) in [7, 11) is 0. The van der Waals surface area contributed by atoms with E-state index < -0.39 is 0 Å². The maximum atomic E-state index is 3.11. The summed E-state index contributed by atoms with van der Waals surface area (Å²) < 4.78 is 0. The molecule has 0 spiro atoms. The summed E-state index contributed by atoms with van der Waals surface area (Å²) in [5.41, 5.74) is 1.13. The summed E-state index contributed by atoms with van der Waals surface area (Å²) in [6, 6.07) is 0. The molecule has 0 rings (SSSR count). The van der Waals surface area contributed by atoms with Crippen LogP contribution in [0.15, 0.2) is 36.2 Å². The molecule has 0 aliphatic rings. The highest BCUT2D eigenvalue weighted by molar-refractivity contribution is 5.16. The molecule has 0 saturated heterocycles. The Morgan fingerprint density at radius 1 is 1.10 bits per heavy atom. The van der Waals surface area contributed by atoms with Gasteiger partial charge >= 0.3 is 0 Å². The molecule has 0 aromatic rings. The van der Waals surface area contributed by atoms with Gasteiger partial charge in [0.05, 0.1) is 0 Å². The van der Waals surface area contributed by atoms with E-state index in [9.17, 15) is 0 Å². The normalized spacial score (nSPS) is 13.3. The van der Waals surface area contributed by atoms with E-state index in [2.05, 4.69) is 5.32 Å². The molecule has 1 nitrogen and oxygen atoms in total. The molecule has 0 bridgehead atoms. The first-order chi connectivity index (χ1) is 4.85. The van der Waals surface area contributed by atoms with Gasteiger partial charge in [0.2, 0.25) is 0 Å². The van der Waals surface area contributed by atoms with Crippen LogP contribution in [0.5, 0.6) is 0 Å². The van der Waals surface area contributed by atoms with Crippen molar-refractivity contribution in [2.75, 3.05) is 0 Å². The minimum atomic E-state index is 1.13. The number of rotatable bonds is 3. The minimum Gasteiger partial charge on any atom is -0.362 e. The first kappa shape index (κ1) is 9.02. The SMILES string of the molecule is C/C=C\C(=C/C)N/C=C/C. The van der Waals surface area contributed by atoms with Gasteiger partial charge in [-0.1, -0.05) is 18.2 Å². The maximum absolute atomic E-state index is 3.11. The van der Waals surface area contributed by atoms with Gasteiger partial charge in [-0.05, 0) is 33.0 Å². The molecule has 0 heterocycles. The Hall–Kier alpha value is -0.980. The summed E-state index contributed by atoms with van der Waals surface area (Å²) in [6.45, 7) is 5.99. The lowest BCUT2D eigenvalue weighted by atomic mass is 10.3. The summed E-state index contributed by atoms with van der Waals surface area (Å²) >= 11 is 0. The fourth-order valence-electron chi connectivity index (χ4n) is 0.587. The molecule has 0 saturated carbocycles. The van der Waals surface area contributed by atoms with Gasteiger partial charge in [-0.2, -0.15) is 0 Å². The third kappa shape index (κ3) is 3.96. The smallest absolute Gasteiger partial charge is 0.0332 e. The van der Waals surface area contributed by atoms with E-state index in [1.54, 1.807) is 0 Å². The van der Waals surface area contributed by atoms with Crippen molar-refractivity contribution < 1.29 is 0 Å². The highest BCUT2D eigenvalue weighted by atomic mass is 14.8. The zero-order valence-electron chi connectivity index (χ0n) is 6.89. The topological polar surface area (TPSA) is 12.0 Å². The van der Waals surface area contributed by atoms with Gasteiger partial charge in [0.1, 0.15) is 0 Å². The molecule has 1 N–H and O–H groups in total. The van der Waals surface area contributed by atoms with Gasteiger partial charge in [-0.3, -0.25) is 0 Å². The van der Waals surface area contributed by atoms with Crippen molar-refractivity contribution in [2.24, 2.45) is 0 Å². The lowest BCUT2D eigenvalue weighted by Crippen LogP contribution is -2.00. The second-order valence-corrected chi connectivity index (χ2v) is 1.89. The highest BCUT2D eigenvalue weighted by Gasteiger charge is 1.80. The van der Waals surface area contributed by atoms with Gasteiger partial charge in [0.15, 0.2) is 0 Å². The van der Waals surface area contributed by atoms with Crippen LogP contribution in [0.4, 0.5) is 0 Å². The molecular formula is C9H15N. The average Bonchev–Trinajstić information content (AvgIpc) is 1.98. The number of allylic oxidation sites excluding steroid dienone is 4. The number of nitrogens with one attached hydrogen (secondary N) is 1. The molecule has 10 heavy (non-hydrogen) atoms. The summed E-state index contributed by atoms with van der Waals surface area (Å²) in [4.78, 5) is 0. The van der Waals surface area contributed by atoms with E-state index in [0.29, 0.717) is 0 Å². The molecule has 0 atom stereocenters. The molecule has 0 fully saturated rings. The van der Waals surface area contributed by atoms with Crippen molar-refractivity contribution in [3.05, 3.63) is 36.2 Å². The Bertz CT molecular complexity index is 152. The minimum absolute atomic E-state index is 1.13. The Morgan fingerprint density at radius 3 is 2.20 bits per heavy atom. The zero-order valence-corrected chi connectivity index (χ0v) is 6.89. The van der Waals surface area contributed by atoms with E-state index in [0.717, 1.165) is 5.70 Å². The average molecular weight is 137 g/mol. The van der Waals surface area contributed by atoms with Crippen LogP contribution >= 0.6 is 0 Å². The lowest BCUT2D eigenvalue weighted by molar-refractivity contribution is 1.10. The summed E-state index contributed by atoms with van der Waals surface area (Å²) in [6.07, 6.45) is 9.94. The second kappa shape index (κ2) is 6.14. The van der Waals surface area contributed by atoms with Crippen LogP contribution in [0.2, 0.25) is 0 Å². The Balaban J connectivity index is 3.85. The molecule has 0 amide bonds. The predicted octanol–water partition coefficient (Wildman–Crippen LogP) is 2.59. The van der Waals surface area contributed by atoms with Crippen molar-refractivity contribution in [3.8, 4) is 0 Å². The summed E-state index contributed by atoms with van der Waals surface area (Å²) in [5, 5.41) is 3.11. The predicted molar refractivity (Wildman–Crippen MR) is 46.5 cm³/mol. The molecule has 0 aromatic heterocycles. The molecule has 0 aliphatic heterocycles. The van der Waals surface area contributed by atoms with E-state index in [4.69, 9.17) is 0 Å².